The van der Waals surface area contributed by atoms with Crippen LogP contribution in [0.1, 0.15) is 55.5 Å². The van der Waals surface area contributed by atoms with Crippen LogP contribution < -0.4 is 0 Å². The number of aryl methyl sites for hydroxylation is 1. The van der Waals surface area contributed by atoms with Gasteiger partial charge in [0.15, 0.2) is 5.78 Å². The van der Waals surface area contributed by atoms with E-state index < -0.39 is 10.2 Å². The smallest absolute Gasteiger partial charge is 0.281 e. The maximum absolute atomic E-state index is 12.8. The summed E-state index contributed by atoms with van der Waals surface area (Å²) in [4.78, 5) is 12.6. The summed E-state index contributed by atoms with van der Waals surface area (Å²) < 4.78 is 28.8. The van der Waals surface area contributed by atoms with Crippen molar-refractivity contribution in [2.45, 2.75) is 46.5 Å². The van der Waals surface area contributed by atoms with E-state index >= 15 is 0 Å². The lowest BCUT2D eigenvalue weighted by Gasteiger charge is -2.34. The molecule has 0 spiro atoms. The number of Topliss-reactive ketones (excluding diaryl/α,β-unsaturated/α-hetero) is 1. The van der Waals surface area contributed by atoms with E-state index in [9.17, 15) is 13.2 Å². The third kappa shape index (κ3) is 4.90. The zero-order valence-corrected chi connectivity index (χ0v) is 16.4. The van der Waals surface area contributed by atoms with Crippen LogP contribution in [0.25, 0.3) is 0 Å². The van der Waals surface area contributed by atoms with Gasteiger partial charge in [-0.25, -0.2) is 0 Å². The first-order valence-corrected chi connectivity index (χ1v) is 10.7. The van der Waals surface area contributed by atoms with Crippen molar-refractivity contribution in [2.75, 3.05) is 26.2 Å². The maximum atomic E-state index is 12.8. The van der Waals surface area contributed by atoms with E-state index in [1.165, 1.54) is 0 Å². The first kappa shape index (κ1) is 20.1. The Hall–Kier alpha value is -1.24. The number of hydrogen-bond acceptors (Lipinski definition) is 3. The number of nitrogens with zero attached hydrogens (tertiary/aromatic N) is 2. The van der Waals surface area contributed by atoms with Crippen LogP contribution in [0.4, 0.5) is 0 Å². The molecule has 0 amide bonds. The number of rotatable bonds is 8. The molecule has 5 nitrogen and oxygen atoms in total. The predicted octanol–water partition coefficient (Wildman–Crippen LogP) is 3.26. The molecular formula is C19H30N2O3S. The highest BCUT2D eigenvalue weighted by molar-refractivity contribution is 7.86. The van der Waals surface area contributed by atoms with Gasteiger partial charge in [0.2, 0.25) is 0 Å². The second kappa shape index (κ2) is 8.92. The summed E-state index contributed by atoms with van der Waals surface area (Å²) in [5.74, 6) is 0.0518. The van der Waals surface area contributed by atoms with Crippen LogP contribution >= 0.6 is 0 Å². The molecule has 0 radical (unpaired) electrons. The molecule has 0 bridgehead atoms. The van der Waals surface area contributed by atoms with E-state index in [2.05, 4.69) is 0 Å². The molecule has 1 aromatic rings. The molecule has 0 N–H and O–H groups in total. The zero-order valence-electron chi connectivity index (χ0n) is 15.6. The minimum Gasteiger partial charge on any atom is -0.294 e. The molecule has 2 rings (SSSR count). The van der Waals surface area contributed by atoms with E-state index in [1.807, 2.05) is 45.0 Å². The van der Waals surface area contributed by atoms with Gasteiger partial charge in [0.25, 0.3) is 10.2 Å². The molecule has 140 valence electrons. The number of ketones is 1. The Kier molecular flexibility index (Phi) is 7.16. The Morgan fingerprint density at radius 3 is 2.08 bits per heavy atom. The predicted molar refractivity (Wildman–Crippen MR) is 101 cm³/mol. The molecule has 1 saturated heterocycles. The molecule has 0 atom stereocenters. The molecular weight excluding hydrogens is 336 g/mol. The van der Waals surface area contributed by atoms with Gasteiger partial charge in [0.1, 0.15) is 0 Å². The normalized spacial score (nSPS) is 17.1. The van der Waals surface area contributed by atoms with Crippen molar-refractivity contribution >= 4 is 16.0 Å². The maximum Gasteiger partial charge on any atom is 0.281 e. The van der Waals surface area contributed by atoms with Gasteiger partial charge < -0.3 is 0 Å². The Balaban J connectivity index is 2.00. The van der Waals surface area contributed by atoms with Crippen LogP contribution in [0.5, 0.6) is 0 Å². The van der Waals surface area contributed by atoms with Crippen LogP contribution in [0, 0.1) is 12.8 Å². The molecule has 0 saturated carbocycles. The molecule has 0 aromatic heterocycles. The molecule has 6 heteroatoms. The monoisotopic (exact) mass is 366 g/mol. The zero-order chi connectivity index (χ0) is 18.4. The van der Waals surface area contributed by atoms with Crippen LogP contribution in [0.15, 0.2) is 24.3 Å². The van der Waals surface area contributed by atoms with Gasteiger partial charge >= 0.3 is 0 Å². The highest BCUT2D eigenvalue weighted by Crippen LogP contribution is 2.25. The molecule has 1 fully saturated rings. The number of piperidine rings is 1. The Labute approximate surface area is 152 Å². The first-order valence-electron chi connectivity index (χ1n) is 9.26. The molecule has 1 aliphatic rings. The lowest BCUT2D eigenvalue weighted by molar-refractivity contribution is 0.0873. The molecule has 25 heavy (non-hydrogen) atoms. The van der Waals surface area contributed by atoms with Crippen LogP contribution in [0.3, 0.4) is 0 Å². The fourth-order valence-electron chi connectivity index (χ4n) is 3.31. The molecule has 0 aliphatic carbocycles. The molecule has 0 unspecified atom stereocenters. The average molecular weight is 367 g/mol. The number of carbonyl (C=O) groups excluding carboxylic acids is 1. The fraction of sp³-hybridized carbons (Fsp3) is 0.632. The second-order valence-corrected chi connectivity index (χ2v) is 8.74. The quantitative estimate of drug-likeness (QED) is 0.664. The summed E-state index contributed by atoms with van der Waals surface area (Å²) in [7, 11) is -3.41. The lowest BCUT2D eigenvalue weighted by atomic mass is 9.89. The first-order chi connectivity index (χ1) is 11.9. The second-order valence-electron chi connectivity index (χ2n) is 6.81. The van der Waals surface area contributed by atoms with Crippen LogP contribution in [-0.4, -0.2) is 49.0 Å². The summed E-state index contributed by atoms with van der Waals surface area (Å²) in [5.41, 5.74) is 1.86. The minimum absolute atomic E-state index is 0.0834. The SMILES string of the molecule is CCCN(CCC)S(=O)(=O)N1CCC(C(=O)c2ccc(C)cc2)CC1. The summed E-state index contributed by atoms with van der Waals surface area (Å²) in [5, 5.41) is 0. The van der Waals surface area contributed by atoms with Crippen molar-refractivity contribution in [1.82, 2.24) is 8.61 Å². The van der Waals surface area contributed by atoms with Crippen molar-refractivity contribution < 1.29 is 13.2 Å². The summed E-state index contributed by atoms with van der Waals surface area (Å²) in [6, 6.07) is 7.62. The van der Waals surface area contributed by atoms with Crippen molar-refractivity contribution in [1.29, 1.82) is 0 Å². The van der Waals surface area contributed by atoms with E-state index in [4.69, 9.17) is 0 Å². The van der Waals surface area contributed by atoms with Gasteiger partial charge in [-0.2, -0.15) is 17.0 Å². The lowest BCUT2D eigenvalue weighted by Crippen LogP contribution is -2.48. The Bertz CT molecular complexity index is 656. The van der Waals surface area contributed by atoms with Crippen LogP contribution in [0.2, 0.25) is 0 Å². The van der Waals surface area contributed by atoms with Gasteiger partial charge in [0.05, 0.1) is 0 Å². The summed E-state index contributed by atoms with van der Waals surface area (Å²) >= 11 is 0. The Morgan fingerprint density at radius 2 is 1.60 bits per heavy atom. The molecule has 1 aliphatic heterocycles. The van der Waals surface area contributed by atoms with Gasteiger partial charge in [0, 0.05) is 37.7 Å². The third-order valence-electron chi connectivity index (χ3n) is 4.76. The van der Waals surface area contributed by atoms with Crippen LogP contribution in [-0.2, 0) is 10.2 Å². The van der Waals surface area contributed by atoms with E-state index in [0.29, 0.717) is 39.0 Å². The molecule has 1 heterocycles. The van der Waals surface area contributed by atoms with Crippen molar-refractivity contribution in [3.05, 3.63) is 35.4 Å². The standard InChI is InChI=1S/C19H30N2O3S/c1-4-12-20(13-5-2)25(23,24)21-14-10-18(11-15-21)19(22)17-8-6-16(3)7-9-17/h6-9,18H,4-5,10-15H2,1-3H3. The van der Waals surface area contributed by atoms with Gasteiger partial charge in [-0.05, 0) is 32.6 Å². The van der Waals surface area contributed by atoms with Crippen molar-refractivity contribution in [3.8, 4) is 0 Å². The largest absolute Gasteiger partial charge is 0.294 e. The van der Waals surface area contributed by atoms with Crippen molar-refractivity contribution in [3.63, 3.8) is 0 Å². The number of hydrogen-bond donors (Lipinski definition) is 0. The third-order valence-corrected chi connectivity index (χ3v) is 6.79. The highest BCUT2D eigenvalue weighted by Gasteiger charge is 2.34. The van der Waals surface area contributed by atoms with E-state index in [0.717, 1.165) is 24.0 Å². The van der Waals surface area contributed by atoms with Gasteiger partial charge in [-0.1, -0.05) is 43.7 Å². The molecule has 1 aromatic carbocycles. The number of carbonyl (C=O) groups is 1. The highest BCUT2D eigenvalue weighted by atomic mass is 32.2. The summed E-state index contributed by atoms with van der Waals surface area (Å²) in [6.07, 6.45) is 2.80. The van der Waals surface area contributed by atoms with Gasteiger partial charge in [-0.3, -0.25) is 4.79 Å². The average Bonchev–Trinajstić information content (AvgIpc) is 2.61. The Morgan fingerprint density at radius 1 is 1.08 bits per heavy atom. The van der Waals surface area contributed by atoms with Crippen molar-refractivity contribution in [2.24, 2.45) is 5.92 Å². The minimum atomic E-state index is -3.41. The summed E-state index contributed by atoms with van der Waals surface area (Å²) in [6.45, 7) is 7.94. The topological polar surface area (TPSA) is 57.7 Å². The van der Waals surface area contributed by atoms with E-state index in [1.54, 1.807) is 8.61 Å². The fourth-order valence-corrected chi connectivity index (χ4v) is 5.13. The van der Waals surface area contributed by atoms with Gasteiger partial charge in [-0.15, -0.1) is 0 Å². The number of benzene rings is 1. The van der Waals surface area contributed by atoms with E-state index in [-0.39, 0.29) is 11.7 Å².